The lowest BCUT2D eigenvalue weighted by molar-refractivity contribution is 0.0696. The maximum absolute atomic E-state index is 11.3. The van der Waals surface area contributed by atoms with Crippen LogP contribution in [-0.2, 0) is 0 Å². The lowest BCUT2D eigenvalue weighted by Gasteiger charge is -2.20. The van der Waals surface area contributed by atoms with Crippen LogP contribution in [0.2, 0.25) is 0 Å². The van der Waals surface area contributed by atoms with Crippen LogP contribution in [0.3, 0.4) is 0 Å². The summed E-state index contributed by atoms with van der Waals surface area (Å²) in [6.07, 6.45) is 6.75. The van der Waals surface area contributed by atoms with E-state index in [0.29, 0.717) is 17.4 Å². The van der Waals surface area contributed by atoms with Gasteiger partial charge in [-0.15, -0.1) is 0 Å². The zero-order valence-corrected chi connectivity index (χ0v) is 10.5. The molecule has 1 aromatic heterocycles. The summed E-state index contributed by atoms with van der Waals surface area (Å²) < 4.78 is 0. The van der Waals surface area contributed by atoms with E-state index >= 15 is 0 Å². The predicted octanol–water partition coefficient (Wildman–Crippen LogP) is 2.69. The van der Waals surface area contributed by atoms with Crippen LogP contribution < -0.4 is 5.32 Å². The summed E-state index contributed by atoms with van der Waals surface area (Å²) in [6.45, 7) is 1.82. The second-order valence-electron chi connectivity index (χ2n) is 5.50. The van der Waals surface area contributed by atoms with Gasteiger partial charge in [-0.3, -0.25) is 0 Å². The normalized spacial score (nSPS) is 19.0. The molecule has 0 unspecified atom stereocenters. The van der Waals surface area contributed by atoms with Gasteiger partial charge in [-0.05, 0) is 56.1 Å². The van der Waals surface area contributed by atoms with Gasteiger partial charge in [0.2, 0.25) is 0 Å². The first kappa shape index (κ1) is 11.5. The number of carboxylic acid groups (broad SMARTS) is 1. The molecular formula is C14H18N2O2. The number of rotatable bonds is 5. The van der Waals surface area contributed by atoms with Gasteiger partial charge in [0.1, 0.15) is 11.4 Å². The molecule has 0 atom stereocenters. The van der Waals surface area contributed by atoms with Crippen molar-refractivity contribution >= 4 is 11.8 Å². The lowest BCUT2D eigenvalue weighted by atomic mass is 10.1. The van der Waals surface area contributed by atoms with Gasteiger partial charge in [0, 0.05) is 12.2 Å². The van der Waals surface area contributed by atoms with E-state index in [1.165, 1.54) is 25.7 Å². The molecule has 3 rings (SSSR count). The van der Waals surface area contributed by atoms with E-state index in [0.717, 1.165) is 17.4 Å². The van der Waals surface area contributed by atoms with Crippen LogP contribution in [0.1, 0.15) is 41.6 Å². The molecule has 1 aromatic rings. The van der Waals surface area contributed by atoms with Crippen molar-refractivity contribution in [1.82, 2.24) is 4.98 Å². The molecule has 0 bridgehead atoms. The minimum Gasteiger partial charge on any atom is -0.478 e. The van der Waals surface area contributed by atoms with Crippen molar-refractivity contribution in [1.29, 1.82) is 0 Å². The Morgan fingerprint density at radius 3 is 2.50 bits per heavy atom. The van der Waals surface area contributed by atoms with Crippen molar-refractivity contribution in [3.8, 4) is 0 Å². The monoisotopic (exact) mass is 246 g/mol. The van der Waals surface area contributed by atoms with Crippen LogP contribution in [0.4, 0.5) is 5.82 Å². The van der Waals surface area contributed by atoms with Crippen LogP contribution >= 0.6 is 0 Å². The number of nitrogens with one attached hydrogen (secondary N) is 1. The quantitative estimate of drug-likeness (QED) is 0.838. The van der Waals surface area contributed by atoms with Gasteiger partial charge in [-0.2, -0.15) is 0 Å². The van der Waals surface area contributed by atoms with Gasteiger partial charge in [0.05, 0.1) is 0 Å². The van der Waals surface area contributed by atoms with Crippen LogP contribution in [0, 0.1) is 18.8 Å². The molecule has 4 nitrogen and oxygen atoms in total. The molecule has 0 aliphatic heterocycles. The highest BCUT2D eigenvalue weighted by atomic mass is 16.4. The van der Waals surface area contributed by atoms with Crippen LogP contribution in [0.25, 0.3) is 0 Å². The van der Waals surface area contributed by atoms with Gasteiger partial charge in [-0.1, -0.05) is 0 Å². The molecule has 2 fully saturated rings. The molecule has 18 heavy (non-hydrogen) atoms. The van der Waals surface area contributed by atoms with Gasteiger partial charge in [0.15, 0.2) is 0 Å². The summed E-state index contributed by atoms with van der Waals surface area (Å²) in [5.74, 6) is 1.10. The molecular weight excluding hydrogens is 228 g/mol. The summed E-state index contributed by atoms with van der Waals surface area (Å²) in [7, 11) is 0. The topological polar surface area (TPSA) is 62.2 Å². The number of hydrogen-bond acceptors (Lipinski definition) is 3. The number of nitrogens with zero attached hydrogens (tertiary/aromatic N) is 1. The minimum absolute atomic E-state index is 0.323. The molecule has 0 amide bonds. The fourth-order valence-corrected chi connectivity index (χ4v) is 2.63. The van der Waals surface area contributed by atoms with Crippen molar-refractivity contribution in [2.24, 2.45) is 11.8 Å². The van der Waals surface area contributed by atoms with Crippen LogP contribution in [0.5, 0.6) is 0 Å². The first-order valence-electron chi connectivity index (χ1n) is 6.62. The number of carboxylic acids is 1. The van der Waals surface area contributed by atoms with Crippen molar-refractivity contribution in [3.63, 3.8) is 0 Å². The van der Waals surface area contributed by atoms with E-state index in [2.05, 4.69) is 10.3 Å². The second kappa shape index (κ2) is 4.26. The Balaban J connectivity index is 1.86. The summed E-state index contributed by atoms with van der Waals surface area (Å²) in [5, 5.41) is 12.7. The van der Waals surface area contributed by atoms with Crippen LogP contribution in [0.15, 0.2) is 12.3 Å². The summed E-state index contributed by atoms with van der Waals surface area (Å²) >= 11 is 0. The fourth-order valence-electron chi connectivity index (χ4n) is 2.63. The van der Waals surface area contributed by atoms with Gasteiger partial charge >= 0.3 is 5.97 Å². The number of hydrogen-bond donors (Lipinski definition) is 2. The van der Waals surface area contributed by atoms with Gasteiger partial charge < -0.3 is 10.4 Å². The highest BCUT2D eigenvalue weighted by Crippen LogP contribution is 2.46. The number of aryl methyl sites for hydroxylation is 1. The second-order valence-corrected chi connectivity index (χ2v) is 5.50. The molecule has 2 aliphatic carbocycles. The molecule has 2 aliphatic rings. The van der Waals surface area contributed by atoms with E-state index in [4.69, 9.17) is 0 Å². The molecule has 0 spiro atoms. The van der Waals surface area contributed by atoms with Crippen LogP contribution in [-0.4, -0.2) is 22.1 Å². The lowest BCUT2D eigenvalue weighted by Crippen LogP contribution is -2.26. The third kappa shape index (κ3) is 2.19. The number of anilines is 1. The Morgan fingerprint density at radius 2 is 2.00 bits per heavy atom. The first-order chi connectivity index (χ1) is 8.66. The Hall–Kier alpha value is -1.58. The molecule has 0 aromatic carbocycles. The minimum atomic E-state index is -0.895. The Bertz CT molecular complexity index is 467. The molecule has 2 N–H and O–H groups in total. The summed E-state index contributed by atoms with van der Waals surface area (Å²) in [4.78, 5) is 15.5. The van der Waals surface area contributed by atoms with Gasteiger partial charge in [-0.25, -0.2) is 9.78 Å². The van der Waals surface area contributed by atoms with E-state index in [1.807, 2.05) is 6.92 Å². The van der Waals surface area contributed by atoms with E-state index in [1.54, 1.807) is 12.3 Å². The molecule has 0 radical (unpaired) electrons. The van der Waals surface area contributed by atoms with Crippen molar-refractivity contribution < 1.29 is 9.90 Å². The number of carbonyl (C=O) groups is 1. The largest absolute Gasteiger partial charge is 0.478 e. The summed E-state index contributed by atoms with van der Waals surface area (Å²) in [6, 6.07) is 2.18. The van der Waals surface area contributed by atoms with E-state index < -0.39 is 5.97 Å². The number of pyridine rings is 1. The Labute approximate surface area is 106 Å². The predicted molar refractivity (Wildman–Crippen MR) is 68.8 cm³/mol. The number of aromatic nitrogens is 1. The zero-order valence-electron chi connectivity index (χ0n) is 10.5. The smallest absolute Gasteiger partial charge is 0.339 e. The van der Waals surface area contributed by atoms with Crippen molar-refractivity contribution in [2.75, 3.05) is 5.32 Å². The Kier molecular flexibility index (Phi) is 2.73. The molecule has 0 saturated heterocycles. The zero-order chi connectivity index (χ0) is 12.7. The molecule has 96 valence electrons. The fraction of sp³-hybridized carbons (Fsp3) is 0.571. The van der Waals surface area contributed by atoms with E-state index in [-0.39, 0.29) is 0 Å². The van der Waals surface area contributed by atoms with E-state index in [9.17, 15) is 9.90 Å². The molecule has 4 heteroatoms. The van der Waals surface area contributed by atoms with Crippen molar-refractivity contribution in [3.05, 3.63) is 23.4 Å². The molecule has 1 heterocycles. The highest BCUT2D eigenvalue weighted by molar-refractivity contribution is 5.94. The average Bonchev–Trinajstić information content (AvgIpc) is 3.17. The molecule has 2 saturated carbocycles. The average molecular weight is 246 g/mol. The SMILES string of the molecule is Cc1ccnc(NC(C2CC2)C2CC2)c1C(=O)O. The standard InChI is InChI=1S/C14H18N2O2/c1-8-6-7-15-13(11(8)14(17)18)16-12(9-2-3-9)10-4-5-10/h6-7,9-10,12H,2-5H2,1H3,(H,15,16)(H,17,18). The van der Waals surface area contributed by atoms with Crippen molar-refractivity contribution in [2.45, 2.75) is 38.6 Å². The Morgan fingerprint density at radius 1 is 1.39 bits per heavy atom. The highest BCUT2D eigenvalue weighted by Gasteiger charge is 2.42. The maximum Gasteiger partial charge on any atom is 0.339 e. The van der Waals surface area contributed by atoms with Gasteiger partial charge in [0.25, 0.3) is 0 Å². The third-order valence-electron chi connectivity index (χ3n) is 3.94. The number of aromatic carboxylic acids is 1. The summed E-state index contributed by atoms with van der Waals surface area (Å²) in [5.41, 5.74) is 1.09. The maximum atomic E-state index is 11.3. The third-order valence-corrected chi connectivity index (χ3v) is 3.94. The first-order valence-corrected chi connectivity index (χ1v) is 6.62.